The molecule has 4 N–H and O–H groups in total. The lowest BCUT2D eigenvalue weighted by Crippen LogP contribution is -2.10. The summed E-state index contributed by atoms with van der Waals surface area (Å²) in [5, 5.41) is 3.21. The van der Waals surface area contributed by atoms with E-state index >= 15 is 0 Å². The third-order valence-corrected chi connectivity index (χ3v) is 5.24. The van der Waals surface area contributed by atoms with Crippen molar-refractivity contribution in [2.24, 2.45) is 0 Å². The van der Waals surface area contributed by atoms with E-state index in [1.165, 1.54) is 14.2 Å². The number of nitrogen functional groups attached to an aromatic ring is 2. The van der Waals surface area contributed by atoms with E-state index in [2.05, 4.69) is 0 Å². The van der Waals surface area contributed by atoms with Crippen molar-refractivity contribution in [2.45, 2.75) is 0 Å². The highest BCUT2D eigenvalue weighted by Crippen LogP contribution is 2.44. The number of carbonyl (C=O) groups is 2. The molecule has 4 aromatic carbocycles. The Morgan fingerprint density at radius 2 is 1.03 bits per heavy atom. The second kappa shape index (κ2) is 7.40. The quantitative estimate of drug-likeness (QED) is 0.390. The molecule has 0 bridgehead atoms. The molecule has 4 aromatic rings. The molecule has 0 heterocycles. The Balaban J connectivity index is 2.23. The molecule has 0 atom stereocenters. The van der Waals surface area contributed by atoms with Crippen LogP contribution in [0.3, 0.4) is 0 Å². The normalized spacial score (nSPS) is 10.9. The number of rotatable bonds is 3. The fourth-order valence-corrected chi connectivity index (χ4v) is 3.82. The van der Waals surface area contributed by atoms with Crippen molar-refractivity contribution >= 4 is 44.9 Å². The van der Waals surface area contributed by atoms with Crippen LogP contribution >= 0.6 is 0 Å². The van der Waals surface area contributed by atoms with Crippen molar-refractivity contribution in [2.75, 3.05) is 25.7 Å². The van der Waals surface area contributed by atoms with Gasteiger partial charge in [0, 0.05) is 11.1 Å². The molecule has 0 saturated heterocycles. The molecular formula is C24H20N2O4. The molecule has 0 aliphatic heterocycles. The Labute approximate surface area is 173 Å². The lowest BCUT2D eigenvalue weighted by molar-refractivity contribution is 0.0593. The molecule has 0 aliphatic carbocycles. The number of hydrogen-bond acceptors (Lipinski definition) is 6. The monoisotopic (exact) mass is 400 g/mol. The fraction of sp³-hybridized carbons (Fsp3) is 0.0833. The summed E-state index contributed by atoms with van der Waals surface area (Å²) in [6.07, 6.45) is 0. The maximum absolute atomic E-state index is 12.4. The van der Waals surface area contributed by atoms with Crippen molar-refractivity contribution in [3.8, 4) is 11.1 Å². The Morgan fingerprint density at radius 1 is 0.667 bits per heavy atom. The highest BCUT2D eigenvalue weighted by atomic mass is 16.5. The summed E-state index contributed by atoms with van der Waals surface area (Å²) in [5.41, 5.74) is 15.1. The molecule has 4 rings (SSSR count). The van der Waals surface area contributed by atoms with Gasteiger partial charge in [0.15, 0.2) is 0 Å². The molecule has 0 amide bonds. The van der Waals surface area contributed by atoms with Gasteiger partial charge in [0.05, 0.1) is 36.7 Å². The predicted octanol–water partition coefficient (Wildman–Crippen LogP) is 4.40. The average molecular weight is 400 g/mol. The minimum atomic E-state index is -0.550. The molecule has 0 fully saturated rings. The third-order valence-electron chi connectivity index (χ3n) is 5.24. The van der Waals surface area contributed by atoms with Crippen molar-refractivity contribution in [3.05, 3.63) is 71.8 Å². The Hall–Kier alpha value is -4.06. The maximum Gasteiger partial charge on any atom is 0.339 e. The fourth-order valence-electron chi connectivity index (χ4n) is 3.82. The lowest BCUT2D eigenvalue weighted by Gasteiger charge is -2.19. The van der Waals surface area contributed by atoms with Crippen molar-refractivity contribution < 1.29 is 19.1 Å². The summed E-state index contributed by atoms with van der Waals surface area (Å²) in [7, 11) is 2.61. The molecule has 150 valence electrons. The van der Waals surface area contributed by atoms with E-state index in [1.807, 2.05) is 48.5 Å². The molecule has 0 radical (unpaired) electrons. The van der Waals surface area contributed by atoms with Gasteiger partial charge in [-0.15, -0.1) is 0 Å². The zero-order chi connectivity index (χ0) is 21.4. The lowest BCUT2D eigenvalue weighted by atomic mass is 9.87. The van der Waals surface area contributed by atoms with Gasteiger partial charge in [-0.25, -0.2) is 9.59 Å². The van der Waals surface area contributed by atoms with Gasteiger partial charge in [0.25, 0.3) is 0 Å². The van der Waals surface area contributed by atoms with Crippen LogP contribution in [0.5, 0.6) is 0 Å². The van der Waals surface area contributed by atoms with Crippen molar-refractivity contribution in [1.29, 1.82) is 0 Å². The molecule has 0 unspecified atom stereocenters. The molecule has 0 aliphatic rings. The first-order valence-corrected chi connectivity index (χ1v) is 9.27. The zero-order valence-electron chi connectivity index (χ0n) is 16.6. The number of hydrogen-bond donors (Lipinski definition) is 2. The highest BCUT2D eigenvalue weighted by molar-refractivity contribution is 6.19. The average Bonchev–Trinajstić information content (AvgIpc) is 2.78. The van der Waals surface area contributed by atoms with E-state index in [1.54, 1.807) is 12.1 Å². The van der Waals surface area contributed by atoms with Gasteiger partial charge < -0.3 is 20.9 Å². The van der Waals surface area contributed by atoms with Gasteiger partial charge in [-0.05, 0) is 33.7 Å². The van der Waals surface area contributed by atoms with E-state index in [0.717, 1.165) is 21.5 Å². The second-order valence-corrected chi connectivity index (χ2v) is 6.85. The van der Waals surface area contributed by atoms with Gasteiger partial charge in [-0.2, -0.15) is 0 Å². The standard InChI is InChI=1S/C24H20N2O4/c1-29-23(27)17-11-13-7-3-5-9-15(13)19(21(17)25)20-16-10-6-4-8-14(16)12-18(22(20)26)24(28)30-2/h3-12H,25-26H2,1-2H3. The summed E-state index contributed by atoms with van der Waals surface area (Å²) in [6.45, 7) is 0. The number of nitrogens with two attached hydrogens (primary N) is 2. The van der Waals surface area contributed by atoms with Gasteiger partial charge >= 0.3 is 11.9 Å². The van der Waals surface area contributed by atoms with Gasteiger partial charge in [-0.1, -0.05) is 48.5 Å². The molecular weight excluding hydrogens is 380 g/mol. The maximum atomic E-state index is 12.4. The van der Waals surface area contributed by atoms with Crippen LogP contribution < -0.4 is 11.5 Å². The van der Waals surface area contributed by atoms with Crippen LogP contribution in [0.2, 0.25) is 0 Å². The van der Waals surface area contributed by atoms with E-state index in [-0.39, 0.29) is 22.5 Å². The van der Waals surface area contributed by atoms with Gasteiger partial charge in [-0.3, -0.25) is 0 Å². The van der Waals surface area contributed by atoms with Gasteiger partial charge in [0.1, 0.15) is 0 Å². The SMILES string of the molecule is COC(=O)c1cc2ccccc2c(-c2c(N)c(C(=O)OC)cc3ccccc23)c1N. The minimum Gasteiger partial charge on any atom is -0.465 e. The molecule has 0 spiro atoms. The number of methoxy groups -OCH3 is 2. The van der Waals surface area contributed by atoms with Gasteiger partial charge in [0.2, 0.25) is 0 Å². The number of carbonyl (C=O) groups excluding carboxylic acids is 2. The Kier molecular flexibility index (Phi) is 4.75. The van der Waals surface area contributed by atoms with Crippen LogP contribution in [0.4, 0.5) is 11.4 Å². The molecule has 6 heteroatoms. The number of anilines is 2. The van der Waals surface area contributed by atoms with Crippen LogP contribution in [0, 0.1) is 0 Å². The Bertz CT molecular complexity index is 1220. The third kappa shape index (κ3) is 2.90. The number of esters is 2. The topological polar surface area (TPSA) is 105 Å². The van der Waals surface area contributed by atoms with E-state index in [4.69, 9.17) is 20.9 Å². The molecule has 30 heavy (non-hydrogen) atoms. The first kappa shape index (κ1) is 19.3. The predicted molar refractivity (Wildman–Crippen MR) is 118 cm³/mol. The summed E-state index contributed by atoms with van der Waals surface area (Å²) < 4.78 is 9.86. The first-order valence-electron chi connectivity index (χ1n) is 9.27. The smallest absolute Gasteiger partial charge is 0.339 e. The van der Waals surface area contributed by atoms with E-state index in [9.17, 15) is 9.59 Å². The Morgan fingerprint density at radius 3 is 1.40 bits per heavy atom. The largest absolute Gasteiger partial charge is 0.465 e. The molecule has 0 saturated carbocycles. The van der Waals surface area contributed by atoms with Crippen LogP contribution in [0.25, 0.3) is 32.7 Å². The van der Waals surface area contributed by atoms with E-state index in [0.29, 0.717) is 11.1 Å². The van der Waals surface area contributed by atoms with Crippen molar-refractivity contribution in [1.82, 2.24) is 0 Å². The zero-order valence-corrected chi connectivity index (χ0v) is 16.6. The van der Waals surface area contributed by atoms with Crippen LogP contribution in [0.1, 0.15) is 20.7 Å². The summed E-state index contributed by atoms with van der Waals surface area (Å²) in [4.78, 5) is 24.8. The highest BCUT2D eigenvalue weighted by Gasteiger charge is 2.24. The number of benzene rings is 4. The van der Waals surface area contributed by atoms with Crippen LogP contribution in [-0.4, -0.2) is 26.2 Å². The first-order chi connectivity index (χ1) is 14.5. The number of fused-ring (bicyclic) bond motifs is 2. The van der Waals surface area contributed by atoms with Crippen LogP contribution in [0.15, 0.2) is 60.7 Å². The molecule has 6 nitrogen and oxygen atoms in total. The number of ether oxygens (including phenoxy) is 2. The van der Waals surface area contributed by atoms with Crippen LogP contribution in [-0.2, 0) is 9.47 Å². The molecule has 0 aromatic heterocycles. The van der Waals surface area contributed by atoms with E-state index < -0.39 is 11.9 Å². The summed E-state index contributed by atoms with van der Waals surface area (Å²) in [5.74, 6) is -1.10. The van der Waals surface area contributed by atoms with Crippen molar-refractivity contribution in [3.63, 3.8) is 0 Å². The minimum absolute atomic E-state index is 0.234. The summed E-state index contributed by atoms with van der Waals surface area (Å²) >= 11 is 0. The summed E-state index contributed by atoms with van der Waals surface area (Å²) in [6, 6.07) is 18.5. The second-order valence-electron chi connectivity index (χ2n) is 6.85.